The minimum absolute atomic E-state index is 0.368. The standard InChI is InChI=1S/C20H24N2O3S/c23-20(16-26(24,25)19-13-7-8-14-19)21-22(18-11-5-2-6-12-18)15-17-9-3-1-4-10-17/h1-6,9-12,19H,7-8,13-16H2,(H,21,23). The van der Waals surface area contributed by atoms with Crippen LogP contribution in [0.4, 0.5) is 5.69 Å². The lowest BCUT2D eigenvalue weighted by Crippen LogP contribution is -2.45. The van der Waals surface area contributed by atoms with Gasteiger partial charge in [-0.1, -0.05) is 61.4 Å². The first-order valence-electron chi connectivity index (χ1n) is 8.92. The Kier molecular flexibility index (Phi) is 5.93. The molecule has 1 fully saturated rings. The molecule has 138 valence electrons. The molecule has 6 heteroatoms. The molecule has 1 aliphatic rings. The van der Waals surface area contributed by atoms with Gasteiger partial charge in [0.25, 0.3) is 5.91 Å². The molecule has 26 heavy (non-hydrogen) atoms. The fourth-order valence-corrected chi connectivity index (χ4v) is 5.02. The molecule has 1 N–H and O–H groups in total. The maximum atomic E-state index is 12.5. The van der Waals surface area contributed by atoms with Crippen molar-refractivity contribution in [3.8, 4) is 0 Å². The van der Waals surface area contributed by atoms with Crippen LogP contribution in [0.3, 0.4) is 0 Å². The Labute approximate surface area is 154 Å². The zero-order chi connectivity index (χ0) is 18.4. The van der Waals surface area contributed by atoms with Crippen molar-refractivity contribution in [2.45, 2.75) is 37.5 Å². The smallest absolute Gasteiger partial charge is 0.253 e. The summed E-state index contributed by atoms with van der Waals surface area (Å²) in [5.41, 5.74) is 4.61. The van der Waals surface area contributed by atoms with Gasteiger partial charge in [-0.25, -0.2) is 8.42 Å². The van der Waals surface area contributed by atoms with E-state index in [1.165, 1.54) is 0 Å². The maximum absolute atomic E-state index is 12.5. The molecule has 0 bridgehead atoms. The molecule has 0 aromatic heterocycles. The van der Waals surface area contributed by atoms with Gasteiger partial charge in [0.15, 0.2) is 9.84 Å². The number of benzene rings is 2. The summed E-state index contributed by atoms with van der Waals surface area (Å²) in [5, 5.41) is 1.33. The predicted molar refractivity (Wildman–Crippen MR) is 103 cm³/mol. The van der Waals surface area contributed by atoms with E-state index in [0.29, 0.717) is 19.4 Å². The first kappa shape index (κ1) is 18.5. The minimum Gasteiger partial charge on any atom is -0.281 e. The van der Waals surface area contributed by atoms with Crippen molar-refractivity contribution in [3.63, 3.8) is 0 Å². The van der Waals surface area contributed by atoms with Crippen molar-refractivity contribution >= 4 is 21.4 Å². The van der Waals surface area contributed by atoms with Crippen LogP contribution in [0.25, 0.3) is 0 Å². The number of amides is 1. The summed E-state index contributed by atoms with van der Waals surface area (Å²) in [6.07, 6.45) is 3.19. The Bertz CT molecular complexity index is 817. The number of sulfone groups is 1. The Hall–Kier alpha value is -2.34. The predicted octanol–water partition coefficient (Wildman–Crippen LogP) is 3.08. The molecule has 0 heterocycles. The van der Waals surface area contributed by atoms with Gasteiger partial charge in [-0.15, -0.1) is 0 Å². The van der Waals surface area contributed by atoms with Crippen molar-refractivity contribution in [3.05, 3.63) is 66.2 Å². The zero-order valence-electron chi connectivity index (χ0n) is 14.7. The number of nitrogens with zero attached hydrogens (tertiary/aromatic N) is 1. The van der Waals surface area contributed by atoms with Crippen LogP contribution in [-0.2, 0) is 21.2 Å². The number of anilines is 1. The van der Waals surface area contributed by atoms with Crippen molar-refractivity contribution in [1.29, 1.82) is 0 Å². The number of para-hydroxylation sites is 1. The van der Waals surface area contributed by atoms with Crippen LogP contribution in [0.5, 0.6) is 0 Å². The highest BCUT2D eigenvalue weighted by Gasteiger charge is 2.31. The van der Waals surface area contributed by atoms with E-state index in [1.54, 1.807) is 5.01 Å². The molecule has 0 spiro atoms. The number of rotatable bonds is 7. The fraction of sp³-hybridized carbons (Fsp3) is 0.350. The summed E-state index contributed by atoms with van der Waals surface area (Å²) in [6, 6.07) is 19.2. The summed E-state index contributed by atoms with van der Waals surface area (Å²) < 4.78 is 24.9. The van der Waals surface area contributed by atoms with Crippen LogP contribution in [0.1, 0.15) is 31.2 Å². The second kappa shape index (κ2) is 8.36. The molecule has 0 saturated heterocycles. The van der Waals surface area contributed by atoms with Gasteiger partial charge in [0.2, 0.25) is 0 Å². The van der Waals surface area contributed by atoms with Gasteiger partial charge in [-0.05, 0) is 30.5 Å². The Morgan fingerprint density at radius 1 is 0.962 bits per heavy atom. The summed E-state index contributed by atoms with van der Waals surface area (Å²) in [5.74, 6) is -0.952. The third-order valence-electron chi connectivity index (χ3n) is 4.65. The van der Waals surface area contributed by atoms with E-state index < -0.39 is 21.5 Å². The first-order chi connectivity index (χ1) is 12.5. The highest BCUT2D eigenvalue weighted by Crippen LogP contribution is 2.25. The van der Waals surface area contributed by atoms with Gasteiger partial charge in [0.05, 0.1) is 17.5 Å². The number of nitrogens with one attached hydrogen (secondary N) is 1. The lowest BCUT2D eigenvalue weighted by Gasteiger charge is -2.26. The lowest BCUT2D eigenvalue weighted by atomic mass is 10.2. The molecule has 1 saturated carbocycles. The number of carbonyl (C=O) groups is 1. The Morgan fingerprint density at radius 2 is 1.54 bits per heavy atom. The first-order valence-corrected chi connectivity index (χ1v) is 10.6. The SMILES string of the molecule is O=C(CS(=O)(=O)C1CCCC1)NN(Cc1ccccc1)c1ccccc1. The molecular weight excluding hydrogens is 348 g/mol. The molecule has 3 rings (SSSR count). The van der Waals surface area contributed by atoms with Gasteiger partial charge in [-0.2, -0.15) is 0 Å². The third kappa shape index (κ3) is 4.85. The van der Waals surface area contributed by atoms with E-state index in [0.717, 1.165) is 24.1 Å². The molecular formula is C20H24N2O3S. The van der Waals surface area contributed by atoms with Gasteiger partial charge in [0, 0.05) is 0 Å². The molecule has 0 radical (unpaired) electrons. The largest absolute Gasteiger partial charge is 0.281 e. The van der Waals surface area contributed by atoms with Crippen molar-refractivity contribution in [2.75, 3.05) is 10.8 Å². The van der Waals surface area contributed by atoms with E-state index in [9.17, 15) is 13.2 Å². The number of carbonyl (C=O) groups excluding carboxylic acids is 1. The monoisotopic (exact) mass is 372 g/mol. The minimum atomic E-state index is -3.40. The topological polar surface area (TPSA) is 66.5 Å². The average Bonchev–Trinajstić information content (AvgIpc) is 3.18. The summed E-state index contributed by atoms with van der Waals surface area (Å²) in [6.45, 7) is 0.458. The van der Waals surface area contributed by atoms with Crippen molar-refractivity contribution < 1.29 is 13.2 Å². The van der Waals surface area contributed by atoms with E-state index >= 15 is 0 Å². The second-order valence-electron chi connectivity index (χ2n) is 6.66. The van der Waals surface area contributed by atoms with Crippen LogP contribution < -0.4 is 10.4 Å². The average molecular weight is 372 g/mol. The number of hydrazine groups is 1. The van der Waals surface area contributed by atoms with Crippen LogP contribution in [0.15, 0.2) is 60.7 Å². The molecule has 0 atom stereocenters. The second-order valence-corrected chi connectivity index (χ2v) is 8.94. The molecule has 2 aromatic carbocycles. The summed E-state index contributed by atoms with van der Waals surface area (Å²) in [4.78, 5) is 12.5. The fourth-order valence-electron chi connectivity index (χ4n) is 3.30. The van der Waals surface area contributed by atoms with E-state index in [4.69, 9.17) is 0 Å². The van der Waals surface area contributed by atoms with Crippen molar-refractivity contribution in [1.82, 2.24) is 5.43 Å². The zero-order valence-corrected chi connectivity index (χ0v) is 15.5. The van der Waals surface area contributed by atoms with E-state index in [1.807, 2.05) is 60.7 Å². The Balaban J connectivity index is 1.71. The molecule has 0 unspecified atom stereocenters. The molecule has 2 aromatic rings. The Morgan fingerprint density at radius 3 is 2.15 bits per heavy atom. The van der Waals surface area contributed by atoms with Gasteiger partial charge < -0.3 is 0 Å². The van der Waals surface area contributed by atoms with Crippen LogP contribution >= 0.6 is 0 Å². The van der Waals surface area contributed by atoms with Crippen LogP contribution in [-0.4, -0.2) is 25.3 Å². The number of hydrogen-bond donors (Lipinski definition) is 1. The summed E-state index contributed by atoms with van der Waals surface area (Å²) in [7, 11) is -3.40. The molecule has 1 aliphatic carbocycles. The van der Waals surface area contributed by atoms with E-state index in [-0.39, 0.29) is 5.25 Å². The lowest BCUT2D eigenvalue weighted by molar-refractivity contribution is -0.118. The van der Waals surface area contributed by atoms with Crippen LogP contribution in [0.2, 0.25) is 0 Å². The van der Waals surface area contributed by atoms with E-state index in [2.05, 4.69) is 5.43 Å². The number of hydrogen-bond acceptors (Lipinski definition) is 4. The maximum Gasteiger partial charge on any atom is 0.253 e. The summed E-state index contributed by atoms with van der Waals surface area (Å²) >= 11 is 0. The molecule has 1 amide bonds. The highest BCUT2D eigenvalue weighted by molar-refractivity contribution is 7.92. The quantitative estimate of drug-likeness (QED) is 0.759. The van der Waals surface area contributed by atoms with Crippen molar-refractivity contribution in [2.24, 2.45) is 0 Å². The normalized spacial score (nSPS) is 14.9. The molecule has 5 nitrogen and oxygen atoms in total. The third-order valence-corrected chi connectivity index (χ3v) is 6.81. The molecule has 0 aliphatic heterocycles. The van der Waals surface area contributed by atoms with Gasteiger partial charge in [-0.3, -0.25) is 15.2 Å². The van der Waals surface area contributed by atoms with Gasteiger partial charge >= 0.3 is 0 Å². The van der Waals surface area contributed by atoms with Gasteiger partial charge in [0.1, 0.15) is 5.75 Å². The van der Waals surface area contributed by atoms with Crippen LogP contribution in [0, 0.1) is 0 Å². The highest BCUT2D eigenvalue weighted by atomic mass is 32.2.